The van der Waals surface area contributed by atoms with E-state index < -0.39 is 16.9 Å². The lowest BCUT2D eigenvalue weighted by atomic mass is 10.2. The Hall–Kier alpha value is -2.82. The van der Waals surface area contributed by atoms with E-state index in [4.69, 9.17) is 16.7 Å². The van der Waals surface area contributed by atoms with E-state index in [-0.39, 0.29) is 16.3 Å². The van der Waals surface area contributed by atoms with Gasteiger partial charge in [0.15, 0.2) is 0 Å². The fraction of sp³-hybridized carbons (Fsp3) is 0.0526. The molecule has 0 spiro atoms. The monoisotopic (exact) mass is 431 g/mol. The molecule has 1 unspecified atom stereocenters. The SMILES string of the molecule is NS(O)(O)c1ccc(N=NC(N=Nc2cc(Cl)ccc2O)c2ccccc2)cc1. The molecule has 0 aliphatic carbocycles. The first kappa shape index (κ1) is 20.9. The van der Waals surface area contributed by atoms with Crippen LogP contribution in [0.15, 0.2) is 98.1 Å². The van der Waals surface area contributed by atoms with Crippen molar-refractivity contribution >= 4 is 33.8 Å². The molecule has 3 aromatic carbocycles. The van der Waals surface area contributed by atoms with E-state index in [9.17, 15) is 14.2 Å². The van der Waals surface area contributed by atoms with Crippen molar-refractivity contribution in [3.63, 3.8) is 0 Å². The summed E-state index contributed by atoms with van der Waals surface area (Å²) in [5.74, 6) is -0.0572. The van der Waals surface area contributed by atoms with Gasteiger partial charge in [0, 0.05) is 10.6 Å². The number of aromatic hydroxyl groups is 1. The van der Waals surface area contributed by atoms with E-state index in [1.54, 1.807) is 18.2 Å². The normalized spacial score (nSPS) is 13.8. The molecule has 29 heavy (non-hydrogen) atoms. The van der Waals surface area contributed by atoms with Crippen LogP contribution in [0.3, 0.4) is 0 Å². The molecule has 5 N–H and O–H groups in total. The summed E-state index contributed by atoms with van der Waals surface area (Å²) < 4.78 is 18.9. The molecule has 3 rings (SSSR count). The van der Waals surface area contributed by atoms with Crippen LogP contribution in [-0.4, -0.2) is 14.2 Å². The van der Waals surface area contributed by atoms with Crippen molar-refractivity contribution in [2.75, 3.05) is 0 Å². The average molecular weight is 432 g/mol. The van der Waals surface area contributed by atoms with Crippen LogP contribution in [-0.2, 0) is 0 Å². The Bertz CT molecular complexity index is 1020. The number of rotatable bonds is 6. The van der Waals surface area contributed by atoms with Gasteiger partial charge in [-0.15, -0.1) is 15.9 Å². The van der Waals surface area contributed by atoms with Gasteiger partial charge in [-0.3, -0.25) is 9.11 Å². The van der Waals surface area contributed by atoms with E-state index >= 15 is 0 Å². The molecule has 0 fully saturated rings. The molecule has 0 radical (unpaired) electrons. The van der Waals surface area contributed by atoms with Gasteiger partial charge in [-0.25, -0.2) is 5.14 Å². The zero-order valence-corrected chi connectivity index (χ0v) is 16.6. The van der Waals surface area contributed by atoms with Crippen LogP contribution in [0.1, 0.15) is 11.7 Å². The second-order valence-corrected chi connectivity index (χ2v) is 8.03. The molecule has 0 heterocycles. The summed E-state index contributed by atoms with van der Waals surface area (Å²) >= 11 is 5.94. The van der Waals surface area contributed by atoms with Gasteiger partial charge in [0.2, 0.25) is 6.17 Å². The fourth-order valence-electron chi connectivity index (χ4n) is 2.31. The van der Waals surface area contributed by atoms with Gasteiger partial charge in [0.25, 0.3) is 0 Å². The maximum Gasteiger partial charge on any atom is 0.206 e. The Balaban J connectivity index is 1.87. The van der Waals surface area contributed by atoms with Crippen molar-refractivity contribution in [1.29, 1.82) is 0 Å². The number of nitrogens with two attached hydrogens (primary N) is 1. The van der Waals surface area contributed by atoms with Gasteiger partial charge in [-0.1, -0.05) is 41.9 Å². The van der Waals surface area contributed by atoms with Crippen LogP contribution >= 0.6 is 22.4 Å². The van der Waals surface area contributed by atoms with E-state index in [0.717, 1.165) is 5.56 Å². The van der Waals surface area contributed by atoms with Crippen LogP contribution in [0.4, 0.5) is 11.4 Å². The number of hydrogen-bond acceptors (Lipinski definition) is 8. The number of halogens is 1. The standard InChI is InChI=1S/C19H18ClN5O3S/c20-14-6-11-18(26)17(12-14)23-25-19(13-4-2-1-3-5-13)24-22-15-7-9-16(10-8-15)29(21,27)28/h1-12,19,26-28H,21H2. The highest BCUT2D eigenvalue weighted by Gasteiger charge is 2.11. The lowest BCUT2D eigenvalue weighted by Gasteiger charge is -2.25. The molecule has 150 valence electrons. The number of azo groups is 2. The minimum Gasteiger partial charge on any atom is -0.506 e. The molecule has 3 aromatic rings. The fourth-order valence-corrected chi connectivity index (χ4v) is 3.01. The quantitative estimate of drug-likeness (QED) is 0.327. The van der Waals surface area contributed by atoms with Crippen LogP contribution in [0.25, 0.3) is 0 Å². The van der Waals surface area contributed by atoms with Crippen LogP contribution in [0.5, 0.6) is 5.75 Å². The molecule has 8 nitrogen and oxygen atoms in total. The topological polar surface area (TPSA) is 136 Å². The Labute approximate surface area is 173 Å². The van der Waals surface area contributed by atoms with Gasteiger partial charge >= 0.3 is 0 Å². The summed E-state index contributed by atoms with van der Waals surface area (Å²) in [6.45, 7) is 0. The minimum atomic E-state index is -3.28. The number of phenols is 1. The summed E-state index contributed by atoms with van der Waals surface area (Å²) in [4.78, 5) is 0.201. The zero-order chi connectivity index (χ0) is 20.9. The van der Waals surface area contributed by atoms with E-state index in [1.807, 2.05) is 30.3 Å². The Kier molecular flexibility index (Phi) is 6.57. The Morgan fingerprint density at radius 3 is 2.17 bits per heavy atom. The molecule has 0 bridgehead atoms. The molecule has 0 saturated heterocycles. The minimum absolute atomic E-state index is 0.0572. The van der Waals surface area contributed by atoms with Crippen molar-refractivity contribution < 1.29 is 14.2 Å². The highest BCUT2D eigenvalue weighted by Crippen LogP contribution is 2.40. The third-order valence-electron chi connectivity index (χ3n) is 3.78. The smallest absolute Gasteiger partial charge is 0.206 e. The predicted octanol–water partition coefficient (Wildman–Crippen LogP) is 6.60. The summed E-state index contributed by atoms with van der Waals surface area (Å²) in [5, 5.41) is 32.2. The highest BCUT2D eigenvalue weighted by molar-refractivity contribution is 8.22. The third kappa shape index (κ3) is 5.83. The first-order chi connectivity index (χ1) is 13.8. The van der Waals surface area contributed by atoms with Crippen LogP contribution in [0.2, 0.25) is 5.02 Å². The van der Waals surface area contributed by atoms with Crippen molar-refractivity contribution in [2.45, 2.75) is 11.1 Å². The second kappa shape index (κ2) is 9.12. The van der Waals surface area contributed by atoms with Crippen molar-refractivity contribution in [3.05, 3.63) is 83.4 Å². The summed E-state index contributed by atoms with van der Waals surface area (Å²) in [7, 11) is -3.28. The highest BCUT2D eigenvalue weighted by atomic mass is 35.5. The van der Waals surface area contributed by atoms with Gasteiger partial charge in [-0.2, -0.15) is 15.3 Å². The lowest BCUT2D eigenvalue weighted by molar-refractivity contribution is 0.475. The van der Waals surface area contributed by atoms with E-state index in [1.165, 1.54) is 24.3 Å². The van der Waals surface area contributed by atoms with Gasteiger partial charge in [-0.05, 0) is 42.5 Å². The molecule has 0 aliphatic rings. The van der Waals surface area contributed by atoms with Crippen LogP contribution in [0, 0.1) is 0 Å². The molecule has 1 atom stereocenters. The maximum atomic E-state index is 9.90. The van der Waals surface area contributed by atoms with Crippen molar-refractivity contribution in [2.24, 2.45) is 25.6 Å². The largest absolute Gasteiger partial charge is 0.506 e. The van der Waals surface area contributed by atoms with Gasteiger partial charge in [0.1, 0.15) is 11.4 Å². The molecule has 0 aromatic heterocycles. The maximum absolute atomic E-state index is 9.90. The van der Waals surface area contributed by atoms with Crippen LogP contribution < -0.4 is 5.14 Å². The molecular weight excluding hydrogens is 414 g/mol. The van der Waals surface area contributed by atoms with E-state index in [0.29, 0.717) is 10.7 Å². The molecular formula is C19H18ClN5O3S. The molecule has 0 amide bonds. The van der Waals surface area contributed by atoms with Crippen molar-refractivity contribution in [3.8, 4) is 5.75 Å². The zero-order valence-electron chi connectivity index (χ0n) is 15.0. The Morgan fingerprint density at radius 2 is 1.52 bits per heavy atom. The first-order valence-electron chi connectivity index (χ1n) is 8.34. The number of phenolic OH excluding ortho intramolecular Hbond substituents is 1. The molecule has 0 aliphatic heterocycles. The number of hydrogen-bond donors (Lipinski definition) is 4. The average Bonchev–Trinajstić information content (AvgIpc) is 2.71. The number of benzene rings is 3. The Morgan fingerprint density at radius 1 is 0.862 bits per heavy atom. The van der Waals surface area contributed by atoms with Crippen molar-refractivity contribution in [1.82, 2.24) is 0 Å². The van der Waals surface area contributed by atoms with Gasteiger partial charge < -0.3 is 5.11 Å². The number of nitrogens with zero attached hydrogens (tertiary/aromatic N) is 4. The first-order valence-corrected chi connectivity index (χ1v) is 10.3. The summed E-state index contributed by atoms with van der Waals surface area (Å²) in [6.07, 6.45) is -0.760. The lowest BCUT2D eigenvalue weighted by Crippen LogP contribution is -2.07. The van der Waals surface area contributed by atoms with Gasteiger partial charge in [0.05, 0.1) is 10.6 Å². The summed E-state index contributed by atoms with van der Waals surface area (Å²) in [6, 6.07) is 19.7. The summed E-state index contributed by atoms with van der Waals surface area (Å²) in [5.41, 5.74) is 1.43. The van der Waals surface area contributed by atoms with E-state index in [2.05, 4.69) is 20.5 Å². The second-order valence-electron chi connectivity index (χ2n) is 5.94. The third-order valence-corrected chi connectivity index (χ3v) is 4.98. The molecule has 10 heteroatoms. The predicted molar refractivity (Wildman–Crippen MR) is 113 cm³/mol. The molecule has 0 saturated carbocycles.